The van der Waals surface area contributed by atoms with Gasteiger partial charge in [0.05, 0.1) is 0 Å². The van der Waals surface area contributed by atoms with Crippen molar-refractivity contribution in [1.82, 2.24) is 4.98 Å². The van der Waals surface area contributed by atoms with E-state index in [0.29, 0.717) is 0 Å². The smallest absolute Gasteiger partial charge is 0.124 e. The highest BCUT2D eigenvalue weighted by Crippen LogP contribution is 2.40. The molecular weight excluding hydrogens is 362 g/mol. The number of carbonyl (C=O) groups is 1. The zero-order chi connectivity index (χ0) is 17.3. The van der Waals surface area contributed by atoms with Crippen molar-refractivity contribution in [2.75, 3.05) is 0 Å². The van der Waals surface area contributed by atoms with Gasteiger partial charge in [-0.05, 0) is 42.2 Å². The van der Waals surface area contributed by atoms with Gasteiger partial charge in [0, 0.05) is 32.9 Å². The van der Waals surface area contributed by atoms with E-state index in [0.717, 1.165) is 22.0 Å². The molecule has 2 aromatic carbocycles. The van der Waals surface area contributed by atoms with Crippen LogP contribution >= 0.6 is 15.9 Å². The second-order valence-electron chi connectivity index (χ2n) is 6.70. The molecule has 2 nitrogen and oxygen atoms in total. The predicted molar refractivity (Wildman–Crippen MR) is 103 cm³/mol. The first-order chi connectivity index (χ1) is 11.5. The van der Waals surface area contributed by atoms with Gasteiger partial charge in [0.2, 0.25) is 0 Å². The molecule has 0 fully saturated rings. The summed E-state index contributed by atoms with van der Waals surface area (Å²) < 4.78 is 1.05. The van der Waals surface area contributed by atoms with Gasteiger partial charge in [-0.15, -0.1) is 0 Å². The lowest BCUT2D eigenvalue weighted by Crippen LogP contribution is -2.21. The first-order valence-corrected chi connectivity index (χ1v) is 9.10. The Labute approximate surface area is 151 Å². The van der Waals surface area contributed by atoms with Crippen molar-refractivity contribution in [3.8, 4) is 0 Å². The number of nitrogens with one attached hydrogen (secondary N) is 1. The lowest BCUT2D eigenvalue weighted by Gasteiger charge is -2.27. The summed E-state index contributed by atoms with van der Waals surface area (Å²) in [7, 11) is 0. The number of fused-ring (bicyclic) bond motifs is 1. The van der Waals surface area contributed by atoms with E-state index in [1.807, 2.05) is 6.07 Å². The largest absolute Gasteiger partial charge is 0.358 e. The predicted octanol–water partition coefficient (Wildman–Crippen LogP) is 5.84. The summed E-state index contributed by atoms with van der Waals surface area (Å²) in [5.41, 5.74) is 4.67. The molecule has 0 aliphatic carbocycles. The van der Waals surface area contributed by atoms with Gasteiger partial charge in [-0.3, -0.25) is 0 Å². The van der Waals surface area contributed by atoms with Gasteiger partial charge in [-0.25, -0.2) is 0 Å². The van der Waals surface area contributed by atoms with E-state index in [2.05, 4.69) is 84.1 Å². The quantitative estimate of drug-likeness (QED) is 0.551. The molecule has 2 atom stereocenters. The zero-order valence-corrected chi connectivity index (χ0v) is 15.8. The number of para-hydroxylation sites is 1. The fraction of sp³-hybridized carbons (Fsp3) is 0.286. The van der Waals surface area contributed by atoms with Crippen molar-refractivity contribution in [1.29, 1.82) is 0 Å². The molecule has 0 aliphatic heterocycles. The third-order valence-electron chi connectivity index (χ3n) is 4.80. The molecule has 1 aromatic heterocycles. The minimum atomic E-state index is -0.0657. The number of rotatable bonds is 5. The maximum atomic E-state index is 12.0. The molecule has 124 valence electrons. The number of hydrogen-bond acceptors (Lipinski definition) is 1. The van der Waals surface area contributed by atoms with Crippen LogP contribution in [0.2, 0.25) is 0 Å². The van der Waals surface area contributed by atoms with E-state index in [1.165, 1.54) is 16.5 Å². The molecule has 0 radical (unpaired) electrons. The summed E-state index contributed by atoms with van der Waals surface area (Å²) in [6.45, 7) is 6.34. The van der Waals surface area contributed by atoms with Crippen LogP contribution in [-0.2, 0) is 4.79 Å². The molecule has 0 aliphatic rings. The monoisotopic (exact) mass is 383 g/mol. The van der Waals surface area contributed by atoms with E-state index in [-0.39, 0.29) is 17.8 Å². The first-order valence-electron chi connectivity index (χ1n) is 8.31. The molecule has 0 saturated carbocycles. The Morgan fingerprint density at radius 1 is 1.04 bits per heavy atom. The van der Waals surface area contributed by atoms with Crippen molar-refractivity contribution < 1.29 is 4.79 Å². The topological polar surface area (TPSA) is 32.9 Å². The highest BCUT2D eigenvalue weighted by atomic mass is 79.9. The number of hydrogen-bond donors (Lipinski definition) is 1. The Bertz CT molecular complexity index is 848. The number of aldehydes is 1. The second kappa shape index (κ2) is 6.94. The zero-order valence-electron chi connectivity index (χ0n) is 14.2. The Kier molecular flexibility index (Phi) is 4.91. The number of H-pyrrole nitrogens is 1. The molecule has 0 unspecified atom stereocenters. The highest BCUT2D eigenvalue weighted by molar-refractivity contribution is 9.10. The van der Waals surface area contributed by atoms with Crippen LogP contribution in [0, 0.1) is 18.8 Å². The second-order valence-corrected chi connectivity index (χ2v) is 7.61. The van der Waals surface area contributed by atoms with Gasteiger partial charge in [-0.2, -0.15) is 0 Å². The van der Waals surface area contributed by atoms with Crippen LogP contribution in [0.4, 0.5) is 0 Å². The molecule has 3 aromatic rings. The number of aromatic nitrogens is 1. The molecular formula is C21H22BrNO. The van der Waals surface area contributed by atoms with Gasteiger partial charge >= 0.3 is 0 Å². The third-order valence-corrected chi connectivity index (χ3v) is 5.32. The number of aryl methyl sites for hydroxylation is 1. The maximum Gasteiger partial charge on any atom is 0.124 e. The summed E-state index contributed by atoms with van der Waals surface area (Å²) in [5.74, 6) is 0.250. The molecule has 24 heavy (non-hydrogen) atoms. The van der Waals surface area contributed by atoms with Crippen molar-refractivity contribution >= 4 is 33.1 Å². The first kappa shape index (κ1) is 17.0. The fourth-order valence-electron chi connectivity index (χ4n) is 3.57. The average molecular weight is 384 g/mol. The Balaban J connectivity index is 2.25. The Morgan fingerprint density at radius 3 is 2.33 bits per heavy atom. The van der Waals surface area contributed by atoms with E-state index < -0.39 is 0 Å². The number of halogens is 1. The van der Waals surface area contributed by atoms with Crippen LogP contribution in [0.5, 0.6) is 0 Å². The van der Waals surface area contributed by atoms with E-state index in [1.54, 1.807) is 0 Å². The Morgan fingerprint density at radius 2 is 1.71 bits per heavy atom. The van der Waals surface area contributed by atoms with Crippen LogP contribution in [0.15, 0.2) is 53.0 Å². The fourth-order valence-corrected chi connectivity index (χ4v) is 3.84. The summed E-state index contributed by atoms with van der Waals surface area (Å²) in [5, 5.41) is 1.20. The minimum Gasteiger partial charge on any atom is -0.358 e. The third kappa shape index (κ3) is 3.05. The van der Waals surface area contributed by atoms with E-state index >= 15 is 0 Å². The number of benzene rings is 2. The highest BCUT2D eigenvalue weighted by Gasteiger charge is 2.30. The van der Waals surface area contributed by atoms with Crippen LogP contribution in [0.25, 0.3) is 10.9 Å². The molecule has 0 amide bonds. The van der Waals surface area contributed by atoms with Gasteiger partial charge < -0.3 is 9.78 Å². The van der Waals surface area contributed by atoms with Gasteiger partial charge in [-0.1, -0.05) is 60.1 Å². The summed E-state index contributed by atoms with van der Waals surface area (Å²) in [4.78, 5) is 15.4. The lowest BCUT2D eigenvalue weighted by molar-refractivity contribution is -0.112. The van der Waals surface area contributed by atoms with Crippen molar-refractivity contribution in [2.24, 2.45) is 11.8 Å². The van der Waals surface area contributed by atoms with Crippen LogP contribution < -0.4 is 0 Å². The number of aromatic amines is 1. The molecule has 1 heterocycles. The van der Waals surface area contributed by atoms with Gasteiger partial charge in [0.1, 0.15) is 6.29 Å². The normalized spacial score (nSPS) is 14.0. The SMILES string of the molecule is Cc1[nH]c2ccccc2c1[C@H](c1ccc(Br)cc1)[C@H](C=O)C(C)C. The van der Waals surface area contributed by atoms with Crippen molar-refractivity contribution in [3.05, 3.63) is 69.8 Å². The molecule has 0 saturated heterocycles. The molecule has 0 spiro atoms. The Hall–Kier alpha value is -1.87. The van der Waals surface area contributed by atoms with Crippen LogP contribution in [0.1, 0.15) is 36.6 Å². The number of carbonyl (C=O) groups excluding carboxylic acids is 1. The van der Waals surface area contributed by atoms with E-state index in [4.69, 9.17) is 0 Å². The summed E-state index contributed by atoms with van der Waals surface area (Å²) >= 11 is 3.50. The minimum absolute atomic E-state index is 0.0479. The van der Waals surface area contributed by atoms with E-state index in [9.17, 15) is 4.79 Å². The van der Waals surface area contributed by atoms with Crippen molar-refractivity contribution in [2.45, 2.75) is 26.7 Å². The standard InChI is InChI=1S/C21H22BrNO/c1-13(2)18(12-24)21(15-8-10-16(22)11-9-15)20-14(3)23-19-7-5-4-6-17(19)20/h4-13,18,21,23H,1-3H3/t18-,21-/m1/s1. The van der Waals surface area contributed by atoms with Crippen LogP contribution in [0.3, 0.4) is 0 Å². The molecule has 3 rings (SSSR count). The lowest BCUT2D eigenvalue weighted by atomic mass is 9.75. The summed E-state index contributed by atoms with van der Waals surface area (Å²) in [6.07, 6.45) is 1.12. The summed E-state index contributed by atoms with van der Waals surface area (Å²) in [6, 6.07) is 16.7. The molecule has 3 heteroatoms. The van der Waals surface area contributed by atoms with Crippen molar-refractivity contribution in [3.63, 3.8) is 0 Å². The average Bonchev–Trinajstić information content (AvgIpc) is 2.89. The van der Waals surface area contributed by atoms with Gasteiger partial charge in [0.25, 0.3) is 0 Å². The molecule has 1 N–H and O–H groups in total. The maximum absolute atomic E-state index is 12.0. The van der Waals surface area contributed by atoms with Crippen LogP contribution in [-0.4, -0.2) is 11.3 Å². The molecule has 0 bridgehead atoms. The van der Waals surface area contributed by atoms with Gasteiger partial charge in [0.15, 0.2) is 0 Å².